The highest BCUT2D eigenvalue weighted by Crippen LogP contribution is 2.20. The molecule has 3 rings (SSSR count). The van der Waals surface area contributed by atoms with Crippen LogP contribution in [-0.2, 0) is 6.54 Å². The van der Waals surface area contributed by atoms with Crippen molar-refractivity contribution in [3.05, 3.63) is 12.4 Å². The molecule has 0 saturated carbocycles. The molecule has 3 heterocycles. The zero-order valence-electron chi connectivity index (χ0n) is 12.3. The zero-order chi connectivity index (χ0) is 13.6. The van der Waals surface area contributed by atoms with Crippen LogP contribution >= 0.6 is 11.8 Å². The maximum absolute atomic E-state index is 4.49. The van der Waals surface area contributed by atoms with Gasteiger partial charge in [0.25, 0.3) is 0 Å². The van der Waals surface area contributed by atoms with Crippen LogP contribution < -0.4 is 5.32 Å². The molecule has 2 aliphatic rings. The quantitative estimate of drug-likeness (QED) is 0.905. The van der Waals surface area contributed by atoms with Gasteiger partial charge in [0.1, 0.15) is 0 Å². The molecular formula is C15H26N4S. The Morgan fingerprint density at radius 2 is 2.10 bits per heavy atom. The van der Waals surface area contributed by atoms with E-state index in [0.29, 0.717) is 6.04 Å². The van der Waals surface area contributed by atoms with Crippen molar-refractivity contribution in [2.24, 2.45) is 0 Å². The average molecular weight is 294 g/mol. The molecule has 112 valence electrons. The van der Waals surface area contributed by atoms with Crippen molar-refractivity contribution in [1.29, 1.82) is 0 Å². The van der Waals surface area contributed by atoms with Gasteiger partial charge in [-0.05, 0) is 44.5 Å². The normalized spacial score (nSPS) is 24.7. The lowest BCUT2D eigenvalue weighted by Gasteiger charge is -2.26. The van der Waals surface area contributed by atoms with Gasteiger partial charge in [0.15, 0.2) is 0 Å². The van der Waals surface area contributed by atoms with Gasteiger partial charge < -0.3 is 10.2 Å². The van der Waals surface area contributed by atoms with Crippen molar-refractivity contribution in [2.75, 3.05) is 36.5 Å². The van der Waals surface area contributed by atoms with E-state index in [1.807, 2.05) is 6.20 Å². The van der Waals surface area contributed by atoms with E-state index in [1.165, 1.54) is 62.4 Å². The van der Waals surface area contributed by atoms with Crippen molar-refractivity contribution in [3.8, 4) is 0 Å². The molecule has 1 N–H and O–H groups in total. The average Bonchev–Trinajstić information content (AvgIpc) is 2.95. The predicted octanol–water partition coefficient (Wildman–Crippen LogP) is 2.68. The second-order valence-corrected chi connectivity index (χ2v) is 7.10. The summed E-state index contributed by atoms with van der Waals surface area (Å²) in [4.78, 5) is 2.57. The lowest BCUT2D eigenvalue weighted by molar-refractivity contribution is 0.218. The van der Waals surface area contributed by atoms with Crippen molar-refractivity contribution < 1.29 is 0 Å². The Morgan fingerprint density at radius 1 is 1.20 bits per heavy atom. The Morgan fingerprint density at radius 3 is 2.90 bits per heavy atom. The number of hydrogen-bond acceptors (Lipinski definition) is 4. The Hall–Kier alpha value is -0.680. The molecule has 4 nitrogen and oxygen atoms in total. The number of piperidine rings is 1. The van der Waals surface area contributed by atoms with Crippen molar-refractivity contribution in [2.45, 2.75) is 44.7 Å². The number of anilines is 1. The topological polar surface area (TPSA) is 33.1 Å². The van der Waals surface area contributed by atoms with Crippen molar-refractivity contribution in [3.63, 3.8) is 0 Å². The molecule has 5 heteroatoms. The predicted molar refractivity (Wildman–Crippen MR) is 86.5 cm³/mol. The second kappa shape index (κ2) is 7.36. The molecule has 2 saturated heterocycles. The highest BCUT2D eigenvalue weighted by Gasteiger charge is 2.14. The fourth-order valence-corrected chi connectivity index (χ4v) is 4.15. The molecule has 1 unspecified atom stereocenters. The summed E-state index contributed by atoms with van der Waals surface area (Å²) in [6.45, 7) is 4.69. The minimum atomic E-state index is 0.633. The summed E-state index contributed by atoms with van der Waals surface area (Å²) in [5.74, 6) is 2.56. The fourth-order valence-electron chi connectivity index (χ4n) is 3.08. The number of likely N-dealkylation sites (tertiary alicyclic amines) is 1. The number of aromatic nitrogens is 2. The van der Waals surface area contributed by atoms with Crippen LogP contribution in [0.15, 0.2) is 12.4 Å². The van der Waals surface area contributed by atoms with E-state index < -0.39 is 0 Å². The molecule has 20 heavy (non-hydrogen) atoms. The molecule has 2 aliphatic heterocycles. The van der Waals surface area contributed by atoms with Crippen LogP contribution in [0.25, 0.3) is 0 Å². The smallest absolute Gasteiger partial charge is 0.0728 e. The van der Waals surface area contributed by atoms with Gasteiger partial charge in [-0.3, -0.25) is 4.68 Å². The monoisotopic (exact) mass is 294 g/mol. The first-order valence-electron chi connectivity index (χ1n) is 7.99. The van der Waals surface area contributed by atoms with E-state index in [1.54, 1.807) is 0 Å². The summed E-state index contributed by atoms with van der Waals surface area (Å²) in [5, 5.41) is 8.11. The number of rotatable bonds is 5. The SMILES string of the molecule is c1nn(CCN2CCCCC2)cc1NC1CCCSC1. The number of nitrogens with one attached hydrogen (secondary N) is 1. The largest absolute Gasteiger partial charge is 0.379 e. The second-order valence-electron chi connectivity index (χ2n) is 5.95. The van der Waals surface area contributed by atoms with E-state index in [0.717, 1.165) is 13.1 Å². The molecule has 0 aliphatic carbocycles. The van der Waals surface area contributed by atoms with Crippen LogP contribution in [0.2, 0.25) is 0 Å². The summed E-state index contributed by atoms with van der Waals surface area (Å²) >= 11 is 2.06. The van der Waals surface area contributed by atoms with Gasteiger partial charge in [-0.1, -0.05) is 6.42 Å². The summed E-state index contributed by atoms with van der Waals surface area (Å²) in [7, 11) is 0. The van der Waals surface area contributed by atoms with Crippen LogP contribution in [0.3, 0.4) is 0 Å². The minimum Gasteiger partial charge on any atom is -0.379 e. The number of nitrogens with zero attached hydrogens (tertiary/aromatic N) is 3. The molecule has 0 amide bonds. The molecule has 0 aromatic carbocycles. The molecular weight excluding hydrogens is 268 g/mol. The van der Waals surface area contributed by atoms with Gasteiger partial charge in [0.2, 0.25) is 0 Å². The highest BCUT2D eigenvalue weighted by molar-refractivity contribution is 7.99. The molecule has 0 bridgehead atoms. The lowest BCUT2D eigenvalue weighted by atomic mass is 10.1. The number of thioether (sulfide) groups is 1. The first-order chi connectivity index (χ1) is 9.90. The van der Waals surface area contributed by atoms with E-state index in [-0.39, 0.29) is 0 Å². The van der Waals surface area contributed by atoms with Gasteiger partial charge in [-0.2, -0.15) is 16.9 Å². The van der Waals surface area contributed by atoms with Gasteiger partial charge in [0.05, 0.1) is 18.4 Å². The van der Waals surface area contributed by atoms with E-state index >= 15 is 0 Å². The molecule has 0 spiro atoms. The van der Waals surface area contributed by atoms with Gasteiger partial charge in [-0.25, -0.2) is 0 Å². The highest BCUT2D eigenvalue weighted by atomic mass is 32.2. The molecule has 2 fully saturated rings. The number of hydrogen-bond donors (Lipinski definition) is 1. The van der Waals surface area contributed by atoms with E-state index in [9.17, 15) is 0 Å². The van der Waals surface area contributed by atoms with Crippen LogP contribution in [-0.4, -0.2) is 51.9 Å². The summed E-state index contributed by atoms with van der Waals surface area (Å²) in [5.41, 5.74) is 1.19. The van der Waals surface area contributed by atoms with Crippen LogP contribution in [0, 0.1) is 0 Å². The van der Waals surface area contributed by atoms with Gasteiger partial charge in [0, 0.05) is 24.5 Å². The fraction of sp³-hybridized carbons (Fsp3) is 0.800. The van der Waals surface area contributed by atoms with E-state index in [4.69, 9.17) is 0 Å². The Kier molecular flexibility index (Phi) is 5.25. The maximum atomic E-state index is 4.49. The van der Waals surface area contributed by atoms with Gasteiger partial charge in [-0.15, -0.1) is 0 Å². The maximum Gasteiger partial charge on any atom is 0.0728 e. The summed E-state index contributed by atoms with van der Waals surface area (Å²) < 4.78 is 2.09. The summed E-state index contributed by atoms with van der Waals surface area (Å²) in [6, 6.07) is 0.633. The molecule has 1 atom stereocenters. The Bertz CT molecular complexity index is 394. The third-order valence-electron chi connectivity index (χ3n) is 4.26. The minimum absolute atomic E-state index is 0.633. The third kappa shape index (κ3) is 4.16. The molecule has 0 radical (unpaired) electrons. The Labute approximate surface area is 126 Å². The van der Waals surface area contributed by atoms with E-state index in [2.05, 4.69) is 38.0 Å². The van der Waals surface area contributed by atoms with Crippen LogP contribution in [0.5, 0.6) is 0 Å². The van der Waals surface area contributed by atoms with Crippen molar-refractivity contribution in [1.82, 2.24) is 14.7 Å². The van der Waals surface area contributed by atoms with Crippen molar-refractivity contribution >= 4 is 17.4 Å². The lowest BCUT2D eigenvalue weighted by Crippen LogP contribution is -2.32. The molecule has 1 aromatic rings. The first-order valence-corrected chi connectivity index (χ1v) is 9.15. The summed E-state index contributed by atoms with van der Waals surface area (Å²) in [6.07, 6.45) is 10.9. The van der Waals surface area contributed by atoms with Crippen LogP contribution in [0.4, 0.5) is 5.69 Å². The first kappa shape index (κ1) is 14.3. The zero-order valence-corrected chi connectivity index (χ0v) is 13.1. The molecule has 1 aromatic heterocycles. The Balaban J connectivity index is 1.43. The standard InChI is InChI=1S/C15H26N4S/c1-2-6-18(7-3-1)8-9-19-12-15(11-16-19)17-14-5-4-10-20-13-14/h11-12,14,17H,1-10,13H2. The van der Waals surface area contributed by atoms with Gasteiger partial charge >= 0.3 is 0 Å². The van der Waals surface area contributed by atoms with Crippen LogP contribution in [0.1, 0.15) is 32.1 Å². The third-order valence-corrected chi connectivity index (χ3v) is 5.47.